The fourth-order valence-electron chi connectivity index (χ4n) is 2.46. The normalized spacial score (nSPS) is 10.9. The smallest absolute Gasteiger partial charge is 0.148 e. The fourth-order valence-corrected chi connectivity index (χ4v) is 2.46. The quantitative estimate of drug-likeness (QED) is 0.727. The van der Waals surface area contributed by atoms with Crippen LogP contribution in [0, 0.1) is 0 Å². The third-order valence-electron chi connectivity index (χ3n) is 3.45. The highest BCUT2D eigenvalue weighted by molar-refractivity contribution is 5.87. The molecule has 0 aliphatic rings. The molecule has 0 aliphatic heterocycles. The number of benzene rings is 2. The van der Waals surface area contributed by atoms with Crippen LogP contribution in [0.15, 0.2) is 48.5 Å². The third-order valence-corrected chi connectivity index (χ3v) is 3.45. The molecule has 4 heteroatoms. The average molecular weight is 281 g/mol. The zero-order chi connectivity index (χ0) is 14.7. The van der Waals surface area contributed by atoms with Crippen molar-refractivity contribution in [2.24, 2.45) is 0 Å². The molecule has 2 N–H and O–H groups in total. The highest BCUT2D eigenvalue weighted by atomic mass is 16.5. The van der Waals surface area contributed by atoms with Crippen molar-refractivity contribution in [3.63, 3.8) is 0 Å². The molecule has 4 nitrogen and oxygen atoms in total. The molecular formula is C17H19N3O. The molecule has 0 radical (unpaired) electrons. The zero-order valence-corrected chi connectivity index (χ0v) is 12.1. The van der Waals surface area contributed by atoms with Gasteiger partial charge in [-0.3, -0.25) is 0 Å². The lowest BCUT2D eigenvalue weighted by Crippen LogP contribution is -2.07. The Kier molecular flexibility index (Phi) is 3.77. The largest absolute Gasteiger partial charge is 0.486 e. The maximum Gasteiger partial charge on any atom is 0.148 e. The number of imidazole rings is 1. The van der Waals surface area contributed by atoms with E-state index in [0.717, 1.165) is 35.6 Å². The highest BCUT2D eigenvalue weighted by Gasteiger charge is 2.12. The number of nitrogens with two attached hydrogens (primary N) is 1. The molecule has 0 saturated carbocycles. The summed E-state index contributed by atoms with van der Waals surface area (Å²) >= 11 is 0. The fraction of sp³-hybridized carbons (Fsp3) is 0.235. The van der Waals surface area contributed by atoms with Crippen LogP contribution in [0.3, 0.4) is 0 Å². The average Bonchev–Trinajstić information content (AvgIpc) is 2.86. The Morgan fingerprint density at radius 1 is 1.10 bits per heavy atom. The Morgan fingerprint density at radius 3 is 2.67 bits per heavy atom. The number of hydrogen-bond acceptors (Lipinski definition) is 3. The van der Waals surface area contributed by atoms with Crippen molar-refractivity contribution in [1.82, 2.24) is 9.55 Å². The van der Waals surface area contributed by atoms with Gasteiger partial charge >= 0.3 is 0 Å². The van der Waals surface area contributed by atoms with E-state index in [4.69, 9.17) is 10.5 Å². The standard InChI is InChI=1S/C17H19N3O/c1-2-11-20-15-10-6-9-14(18)17(15)19-16(20)12-21-13-7-4-3-5-8-13/h3-10H,2,11-12,18H2,1H3. The second-order valence-electron chi connectivity index (χ2n) is 5.00. The van der Waals surface area contributed by atoms with E-state index in [1.54, 1.807) is 0 Å². The zero-order valence-electron chi connectivity index (χ0n) is 12.1. The van der Waals surface area contributed by atoms with Crippen LogP contribution in [0.5, 0.6) is 5.75 Å². The van der Waals surface area contributed by atoms with E-state index in [0.29, 0.717) is 12.3 Å². The van der Waals surface area contributed by atoms with Crippen molar-refractivity contribution >= 4 is 16.7 Å². The van der Waals surface area contributed by atoms with Crippen LogP contribution >= 0.6 is 0 Å². The number of nitrogen functional groups attached to an aromatic ring is 1. The Balaban J connectivity index is 1.93. The van der Waals surface area contributed by atoms with E-state index in [2.05, 4.69) is 22.5 Å². The summed E-state index contributed by atoms with van der Waals surface area (Å²) in [6.45, 7) is 3.51. The predicted octanol–water partition coefficient (Wildman–Crippen LogP) is 3.61. The molecule has 3 aromatic rings. The predicted molar refractivity (Wildman–Crippen MR) is 85.2 cm³/mol. The Morgan fingerprint density at radius 2 is 1.90 bits per heavy atom. The highest BCUT2D eigenvalue weighted by Crippen LogP contribution is 2.23. The Labute approximate surface area is 124 Å². The van der Waals surface area contributed by atoms with Gasteiger partial charge in [-0.25, -0.2) is 4.98 Å². The molecule has 1 heterocycles. The van der Waals surface area contributed by atoms with Gasteiger partial charge in [-0.2, -0.15) is 0 Å². The minimum atomic E-state index is 0.443. The van der Waals surface area contributed by atoms with Gasteiger partial charge < -0.3 is 15.0 Å². The molecule has 0 atom stereocenters. The summed E-state index contributed by atoms with van der Waals surface area (Å²) in [5.41, 5.74) is 8.67. The van der Waals surface area contributed by atoms with Crippen LogP contribution in [-0.4, -0.2) is 9.55 Å². The molecule has 0 aliphatic carbocycles. The van der Waals surface area contributed by atoms with E-state index in [1.165, 1.54) is 0 Å². The number of aromatic nitrogens is 2. The monoisotopic (exact) mass is 281 g/mol. The summed E-state index contributed by atoms with van der Waals surface area (Å²) in [6.07, 6.45) is 1.04. The summed E-state index contributed by atoms with van der Waals surface area (Å²) in [5, 5.41) is 0. The first-order valence-electron chi connectivity index (χ1n) is 7.21. The number of aryl methyl sites for hydroxylation is 1. The lowest BCUT2D eigenvalue weighted by atomic mass is 10.2. The summed E-state index contributed by atoms with van der Waals surface area (Å²) in [5.74, 6) is 1.76. The molecule has 0 unspecified atom stereocenters. The molecule has 21 heavy (non-hydrogen) atoms. The van der Waals surface area contributed by atoms with Gasteiger partial charge in [-0.05, 0) is 30.7 Å². The van der Waals surface area contributed by atoms with E-state index in [9.17, 15) is 0 Å². The molecule has 1 aromatic heterocycles. The number of fused-ring (bicyclic) bond motifs is 1. The van der Waals surface area contributed by atoms with Gasteiger partial charge in [-0.1, -0.05) is 31.2 Å². The van der Waals surface area contributed by atoms with Crippen molar-refractivity contribution in [3.05, 3.63) is 54.4 Å². The maximum absolute atomic E-state index is 6.03. The van der Waals surface area contributed by atoms with Crippen molar-refractivity contribution in [2.75, 3.05) is 5.73 Å². The van der Waals surface area contributed by atoms with Crippen LogP contribution in [0.2, 0.25) is 0 Å². The first kappa shape index (κ1) is 13.5. The van der Waals surface area contributed by atoms with Crippen LogP contribution in [0.25, 0.3) is 11.0 Å². The number of nitrogens with zero attached hydrogens (tertiary/aromatic N) is 2. The first-order valence-corrected chi connectivity index (χ1v) is 7.21. The van der Waals surface area contributed by atoms with E-state index in [-0.39, 0.29) is 0 Å². The molecule has 0 saturated heterocycles. The van der Waals surface area contributed by atoms with Gasteiger partial charge in [0.1, 0.15) is 23.7 Å². The first-order chi connectivity index (χ1) is 10.3. The Hall–Kier alpha value is -2.49. The second-order valence-corrected chi connectivity index (χ2v) is 5.00. The van der Waals surface area contributed by atoms with E-state index < -0.39 is 0 Å². The topological polar surface area (TPSA) is 53.1 Å². The van der Waals surface area contributed by atoms with Crippen LogP contribution in [-0.2, 0) is 13.2 Å². The minimum Gasteiger partial charge on any atom is -0.486 e. The summed E-state index contributed by atoms with van der Waals surface area (Å²) in [7, 11) is 0. The van der Waals surface area contributed by atoms with E-state index >= 15 is 0 Å². The molecule has 2 aromatic carbocycles. The number of anilines is 1. The van der Waals surface area contributed by atoms with Gasteiger partial charge in [0.05, 0.1) is 11.2 Å². The van der Waals surface area contributed by atoms with Gasteiger partial charge in [0, 0.05) is 6.54 Å². The van der Waals surface area contributed by atoms with E-state index in [1.807, 2.05) is 42.5 Å². The number of para-hydroxylation sites is 2. The lowest BCUT2D eigenvalue weighted by molar-refractivity contribution is 0.290. The van der Waals surface area contributed by atoms with Crippen molar-refractivity contribution in [1.29, 1.82) is 0 Å². The van der Waals surface area contributed by atoms with Crippen LogP contribution < -0.4 is 10.5 Å². The van der Waals surface area contributed by atoms with Crippen molar-refractivity contribution in [2.45, 2.75) is 26.5 Å². The number of ether oxygens (including phenoxy) is 1. The van der Waals surface area contributed by atoms with Gasteiger partial charge in [0.15, 0.2) is 0 Å². The molecule has 3 rings (SSSR count). The molecule has 0 amide bonds. The van der Waals surface area contributed by atoms with Crippen LogP contribution in [0.4, 0.5) is 5.69 Å². The number of rotatable bonds is 5. The molecule has 0 fully saturated rings. The van der Waals surface area contributed by atoms with Gasteiger partial charge in [-0.15, -0.1) is 0 Å². The third kappa shape index (κ3) is 2.70. The molecule has 0 spiro atoms. The molecule has 108 valence electrons. The van der Waals surface area contributed by atoms with Gasteiger partial charge in [0.25, 0.3) is 0 Å². The summed E-state index contributed by atoms with van der Waals surface area (Å²) < 4.78 is 8.01. The van der Waals surface area contributed by atoms with Gasteiger partial charge in [0.2, 0.25) is 0 Å². The minimum absolute atomic E-state index is 0.443. The van der Waals surface area contributed by atoms with Crippen LogP contribution in [0.1, 0.15) is 19.2 Å². The SMILES string of the molecule is CCCn1c(COc2ccccc2)nc2c(N)cccc21. The summed E-state index contributed by atoms with van der Waals surface area (Å²) in [4.78, 5) is 4.66. The second kappa shape index (κ2) is 5.87. The Bertz CT molecular complexity index is 734. The van der Waals surface area contributed by atoms with Crippen molar-refractivity contribution in [3.8, 4) is 5.75 Å². The molecular weight excluding hydrogens is 262 g/mol. The van der Waals surface area contributed by atoms with Crippen molar-refractivity contribution < 1.29 is 4.74 Å². The number of hydrogen-bond donors (Lipinski definition) is 1. The molecule has 0 bridgehead atoms. The lowest BCUT2D eigenvalue weighted by Gasteiger charge is -2.09. The summed E-state index contributed by atoms with van der Waals surface area (Å²) in [6, 6.07) is 15.7. The maximum atomic E-state index is 6.03.